The summed E-state index contributed by atoms with van der Waals surface area (Å²) in [5.41, 5.74) is 2.82. The topological polar surface area (TPSA) is 64.6 Å². The van der Waals surface area contributed by atoms with E-state index in [9.17, 15) is 9.59 Å². The molecule has 0 aromatic heterocycles. The zero-order valence-corrected chi connectivity index (χ0v) is 15.1. The van der Waals surface area contributed by atoms with E-state index in [1.807, 2.05) is 31.2 Å². The minimum absolute atomic E-state index is 0.174. The average Bonchev–Trinajstić information content (AvgIpc) is 2.63. The molecule has 1 N–H and O–H groups in total. The number of carbonyl (C=O) groups excluding carboxylic acids is 2. The van der Waals surface area contributed by atoms with Gasteiger partial charge in [0.05, 0.1) is 13.2 Å². The molecule has 0 unspecified atom stereocenters. The fourth-order valence-corrected chi connectivity index (χ4v) is 2.08. The minimum Gasteiger partial charge on any atom is -0.493 e. The van der Waals surface area contributed by atoms with Gasteiger partial charge in [0.15, 0.2) is 0 Å². The van der Waals surface area contributed by atoms with Crippen LogP contribution in [0.25, 0.3) is 0 Å². The first kappa shape index (κ1) is 19.2. The number of rotatable bonds is 8. The van der Waals surface area contributed by atoms with Crippen LogP contribution in [0.4, 0.5) is 5.69 Å². The molecular formula is C21H23NO4. The monoisotopic (exact) mass is 353 g/mol. The van der Waals surface area contributed by atoms with Gasteiger partial charge < -0.3 is 14.8 Å². The Bertz CT molecular complexity index is 764. The van der Waals surface area contributed by atoms with Gasteiger partial charge in [0.25, 0.3) is 5.91 Å². The van der Waals surface area contributed by atoms with Gasteiger partial charge in [-0.2, -0.15) is 0 Å². The number of carbonyl (C=O) groups is 2. The summed E-state index contributed by atoms with van der Waals surface area (Å²) in [7, 11) is 0. The Hall–Kier alpha value is -3.08. The molecule has 0 heterocycles. The third kappa shape index (κ3) is 6.09. The molecule has 0 aliphatic rings. The molecule has 0 aliphatic heterocycles. The van der Waals surface area contributed by atoms with E-state index in [1.165, 1.54) is 0 Å². The summed E-state index contributed by atoms with van der Waals surface area (Å²) in [6.45, 7) is 7.81. The number of hydrogen-bond donors (Lipinski definition) is 1. The number of benzene rings is 2. The zero-order valence-electron chi connectivity index (χ0n) is 15.1. The fourth-order valence-electron chi connectivity index (χ4n) is 2.08. The van der Waals surface area contributed by atoms with E-state index in [4.69, 9.17) is 9.47 Å². The summed E-state index contributed by atoms with van der Waals surface area (Å²) in [5.74, 6) is 0.0872. The number of esters is 1. The van der Waals surface area contributed by atoms with Gasteiger partial charge in [-0.3, -0.25) is 4.79 Å². The van der Waals surface area contributed by atoms with Crippen LogP contribution in [-0.2, 0) is 9.53 Å². The molecule has 2 aromatic rings. The molecule has 2 aromatic carbocycles. The fraction of sp³-hybridized carbons (Fsp3) is 0.238. The molecule has 0 bridgehead atoms. The number of anilines is 1. The van der Waals surface area contributed by atoms with Crippen molar-refractivity contribution in [2.75, 3.05) is 18.5 Å². The molecule has 5 heteroatoms. The predicted molar refractivity (Wildman–Crippen MR) is 101 cm³/mol. The first-order chi connectivity index (χ1) is 12.5. The lowest BCUT2D eigenvalue weighted by Gasteiger charge is -2.09. The van der Waals surface area contributed by atoms with Crippen molar-refractivity contribution in [3.63, 3.8) is 0 Å². The standard InChI is InChI=1S/C21H23NO4/c1-15(2)21(24)26-14-4-13-25-19-11-7-17(8-12-19)20(23)22-18-9-5-16(3)6-10-18/h5-12H,1,4,13-14H2,2-3H3,(H,22,23). The highest BCUT2D eigenvalue weighted by Gasteiger charge is 2.06. The quantitative estimate of drug-likeness (QED) is 0.440. The smallest absolute Gasteiger partial charge is 0.333 e. The lowest BCUT2D eigenvalue weighted by Crippen LogP contribution is -2.12. The lowest BCUT2D eigenvalue weighted by molar-refractivity contribution is -0.139. The van der Waals surface area contributed by atoms with Crippen molar-refractivity contribution in [2.45, 2.75) is 20.3 Å². The van der Waals surface area contributed by atoms with Gasteiger partial charge in [-0.1, -0.05) is 24.3 Å². The molecule has 0 atom stereocenters. The normalized spacial score (nSPS) is 10.1. The number of ether oxygens (including phenoxy) is 2. The van der Waals surface area contributed by atoms with Crippen LogP contribution >= 0.6 is 0 Å². The summed E-state index contributed by atoms with van der Waals surface area (Å²) in [6, 6.07) is 14.5. The molecule has 136 valence electrons. The Labute approximate surface area is 153 Å². The van der Waals surface area contributed by atoms with Gasteiger partial charge >= 0.3 is 5.97 Å². The minimum atomic E-state index is -0.394. The first-order valence-electron chi connectivity index (χ1n) is 8.39. The van der Waals surface area contributed by atoms with Crippen molar-refractivity contribution in [1.29, 1.82) is 0 Å². The van der Waals surface area contributed by atoms with Gasteiger partial charge in [0.1, 0.15) is 5.75 Å². The predicted octanol–water partition coefficient (Wildman–Crippen LogP) is 4.14. The molecule has 0 aliphatic carbocycles. The van der Waals surface area contributed by atoms with Crippen LogP contribution in [0.15, 0.2) is 60.7 Å². The van der Waals surface area contributed by atoms with Crippen molar-refractivity contribution in [3.8, 4) is 5.75 Å². The Morgan fingerprint density at radius 1 is 1.00 bits per heavy atom. The van der Waals surface area contributed by atoms with Crippen LogP contribution < -0.4 is 10.1 Å². The van der Waals surface area contributed by atoms with Gasteiger partial charge in [-0.15, -0.1) is 0 Å². The lowest BCUT2D eigenvalue weighted by atomic mass is 10.2. The summed E-state index contributed by atoms with van der Waals surface area (Å²) in [4.78, 5) is 23.4. The van der Waals surface area contributed by atoms with Gasteiger partial charge in [-0.05, 0) is 50.2 Å². The summed E-state index contributed by atoms with van der Waals surface area (Å²) in [5, 5.41) is 2.85. The highest BCUT2D eigenvalue weighted by Crippen LogP contribution is 2.15. The molecule has 0 spiro atoms. The summed E-state index contributed by atoms with van der Waals surface area (Å²) >= 11 is 0. The first-order valence-corrected chi connectivity index (χ1v) is 8.39. The highest BCUT2D eigenvalue weighted by molar-refractivity contribution is 6.04. The third-order valence-corrected chi connectivity index (χ3v) is 3.56. The van der Waals surface area contributed by atoms with E-state index in [-0.39, 0.29) is 12.5 Å². The summed E-state index contributed by atoms with van der Waals surface area (Å²) < 4.78 is 10.6. The maximum atomic E-state index is 12.2. The molecule has 0 saturated carbocycles. The van der Waals surface area contributed by atoms with Crippen molar-refractivity contribution < 1.29 is 19.1 Å². The second-order valence-corrected chi connectivity index (χ2v) is 5.96. The molecule has 2 rings (SSSR count). The van der Waals surface area contributed by atoms with Crippen LogP contribution in [0.1, 0.15) is 29.3 Å². The molecule has 0 fully saturated rings. The Balaban J connectivity index is 1.76. The number of amides is 1. The Morgan fingerprint density at radius 3 is 2.27 bits per heavy atom. The largest absolute Gasteiger partial charge is 0.493 e. The third-order valence-electron chi connectivity index (χ3n) is 3.56. The zero-order chi connectivity index (χ0) is 18.9. The maximum Gasteiger partial charge on any atom is 0.333 e. The number of hydrogen-bond acceptors (Lipinski definition) is 4. The van der Waals surface area contributed by atoms with Crippen molar-refractivity contribution >= 4 is 17.6 Å². The van der Waals surface area contributed by atoms with Gasteiger partial charge in [-0.25, -0.2) is 4.79 Å². The maximum absolute atomic E-state index is 12.2. The number of nitrogens with one attached hydrogen (secondary N) is 1. The van der Waals surface area contributed by atoms with Crippen LogP contribution in [0, 0.1) is 6.92 Å². The van der Waals surface area contributed by atoms with Crippen LogP contribution in [0.3, 0.4) is 0 Å². The van der Waals surface area contributed by atoms with Crippen LogP contribution in [-0.4, -0.2) is 25.1 Å². The summed E-state index contributed by atoms with van der Waals surface area (Å²) in [6.07, 6.45) is 0.578. The van der Waals surface area contributed by atoms with E-state index in [2.05, 4.69) is 11.9 Å². The van der Waals surface area contributed by atoms with E-state index in [1.54, 1.807) is 31.2 Å². The molecule has 0 saturated heterocycles. The molecule has 5 nitrogen and oxygen atoms in total. The molecule has 1 amide bonds. The Kier molecular flexibility index (Phi) is 6.97. The van der Waals surface area contributed by atoms with Crippen LogP contribution in [0.2, 0.25) is 0 Å². The van der Waals surface area contributed by atoms with E-state index in [0.29, 0.717) is 29.9 Å². The Morgan fingerprint density at radius 2 is 1.65 bits per heavy atom. The van der Waals surface area contributed by atoms with E-state index < -0.39 is 5.97 Å². The molecule has 26 heavy (non-hydrogen) atoms. The van der Waals surface area contributed by atoms with Crippen molar-refractivity contribution in [3.05, 3.63) is 71.8 Å². The molecule has 0 radical (unpaired) electrons. The van der Waals surface area contributed by atoms with E-state index >= 15 is 0 Å². The number of aryl methyl sites for hydroxylation is 1. The van der Waals surface area contributed by atoms with E-state index in [0.717, 1.165) is 11.3 Å². The second-order valence-electron chi connectivity index (χ2n) is 5.96. The molecular weight excluding hydrogens is 330 g/mol. The van der Waals surface area contributed by atoms with Crippen molar-refractivity contribution in [1.82, 2.24) is 0 Å². The average molecular weight is 353 g/mol. The van der Waals surface area contributed by atoms with Crippen LogP contribution in [0.5, 0.6) is 5.75 Å². The van der Waals surface area contributed by atoms with Gasteiger partial charge in [0, 0.05) is 23.2 Å². The highest BCUT2D eigenvalue weighted by atomic mass is 16.5. The van der Waals surface area contributed by atoms with Gasteiger partial charge in [0.2, 0.25) is 0 Å². The van der Waals surface area contributed by atoms with Crippen molar-refractivity contribution in [2.24, 2.45) is 0 Å². The SMILES string of the molecule is C=C(C)C(=O)OCCCOc1ccc(C(=O)Nc2ccc(C)cc2)cc1. The second kappa shape index (κ2) is 9.42.